The van der Waals surface area contributed by atoms with E-state index in [1.165, 1.54) is 0 Å². The topological polar surface area (TPSA) is 33.1 Å². The number of aryl methyl sites for hydroxylation is 1. The van der Waals surface area contributed by atoms with Gasteiger partial charge in [0.1, 0.15) is 10.8 Å². The molecule has 0 saturated heterocycles. The smallest absolute Gasteiger partial charge is 0.119 e. The van der Waals surface area contributed by atoms with Gasteiger partial charge in [0, 0.05) is 11.3 Å². The second kappa shape index (κ2) is 5.95. The predicted molar refractivity (Wildman–Crippen MR) is 73.2 cm³/mol. The Morgan fingerprint density at radius 3 is 2.89 bits per heavy atom. The van der Waals surface area contributed by atoms with E-state index in [1.807, 2.05) is 0 Å². The van der Waals surface area contributed by atoms with Crippen molar-refractivity contribution in [1.82, 2.24) is 4.98 Å². The lowest BCUT2D eigenvalue weighted by atomic mass is 10.0. The summed E-state index contributed by atoms with van der Waals surface area (Å²) in [6.45, 7) is 2.05. The second-order valence-electron chi connectivity index (χ2n) is 4.22. The first-order chi connectivity index (χ1) is 8.65. The molecule has 98 valence electrons. The number of halogens is 2. The summed E-state index contributed by atoms with van der Waals surface area (Å²) in [5, 5.41) is 10.3. The van der Waals surface area contributed by atoms with E-state index in [1.54, 1.807) is 17.4 Å². The molecule has 1 N–H and O–H groups in total. The number of hydrogen-bond donors (Lipinski definition) is 1. The van der Waals surface area contributed by atoms with Gasteiger partial charge in [0.25, 0.3) is 0 Å². The molecule has 18 heavy (non-hydrogen) atoms. The molecule has 0 aromatic carbocycles. The van der Waals surface area contributed by atoms with Crippen LogP contribution in [0.15, 0.2) is 16.9 Å². The van der Waals surface area contributed by atoms with E-state index in [9.17, 15) is 9.50 Å². The molecule has 0 amide bonds. The van der Waals surface area contributed by atoms with Crippen molar-refractivity contribution in [2.45, 2.75) is 39.2 Å². The van der Waals surface area contributed by atoms with E-state index < -0.39 is 0 Å². The van der Waals surface area contributed by atoms with E-state index in [2.05, 4.69) is 11.9 Å². The van der Waals surface area contributed by atoms with Crippen molar-refractivity contribution in [3.05, 3.63) is 32.5 Å². The zero-order chi connectivity index (χ0) is 13.1. The van der Waals surface area contributed by atoms with Gasteiger partial charge in [-0.2, -0.15) is 0 Å². The molecule has 0 spiro atoms. The minimum atomic E-state index is -0.256. The fourth-order valence-electron chi connectivity index (χ4n) is 1.90. The molecule has 0 bridgehead atoms. The minimum Gasteiger partial charge on any atom is -0.390 e. The molecule has 1 aliphatic carbocycles. The standard InChI is InChI=1S/C13H15ClFNOS/c1-2-3-12-11(7-17)16-13(18-12)8-4-5-10(15)9(14)6-8/h6,17H,2-5,7H2,1H3. The van der Waals surface area contributed by atoms with Gasteiger partial charge in [0.15, 0.2) is 0 Å². The maximum Gasteiger partial charge on any atom is 0.119 e. The first-order valence-electron chi connectivity index (χ1n) is 6.00. The van der Waals surface area contributed by atoms with Gasteiger partial charge in [0.2, 0.25) is 0 Å². The Morgan fingerprint density at radius 2 is 2.28 bits per heavy atom. The quantitative estimate of drug-likeness (QED) is 0.901. The molecule has 0 fully saturated rings. The largest absolute Gasteiger partial charge is 0.390 e. The summed E-state index contributed by atoms with van der Waals surface area (Å²) in [5.41, 5.74) is 1.70. The lowest BCUT2D eigenvalue weighted by Crippen LogP contribution is -1.94. The monoisotopic (exact) mass is 287 g/mol. The molecular weight excluding hydrogens is 273 g/mol. The molecule has 0 radical (unpaired) electrons. The van der Waals surface area contributed by atoms with Crippen molar-refractivity contribution in [3.8, 4) is 0 Å². The summed E-state index contributed by atoms with van der Waals surface area (Å²) < 4.78 is 13.2. The number of thiazole rings is 1. The molecule has 5 heteroatoms. The van der Waals surface area contributed by atoms with Crippen molar-refractivity contribution in [1.29, 1.82) is 0 Å². The Hall–Kier alpha value is -0.710. The molecular formula is C13H15ClFNOS. The van der Waals surface area contributed by atoms with Crippen LogP contribution in [0.25, 0.3) is 5.57 Å². The highest BCUT2D eigenvalue weighted by Crippen LogP contribution is 2.35. The molecule has 0 aliphatic heterocycles. The van der Waals surface area contributed by atoms with Crippen molar-refractivity contribution in [2.24, 2.45) is 0 Å². The third-order valence-corrected chi connectivity index (χ3v) is 4.40. The van der Waals surface area contributed by atoms with Crippen LogP contribution in [0.1, 0.15) is 41.8 Å². The Balaban J connectivity index is 2.32. The normalized spacial score (nSPS) is 16.1. The Morgan fingerprint density at radius 1 is 1.50 bits per heavy atom. The Labute approximate surface area is 115 Å². The van der Waals surface area contributed by atoms with Gasteiger partial charge in [-0.25, -0.2) is 9.37 Å². The highest BCUT2D eigenvalue weighted by atomic mass is 35.5. The van der Waals surface area contributed by atoms with Gasteiger partial charge in [-0.1, -0.05) is 24.9 Å². The van der Waals surface area contributed by atoms with Crippen molar-refractivity contribution < 1.29 is 9.50 Å². The zero-order valence-corrected chi connectivity index (χ0v) is 11.7. The number of allylic oxidation sites excluding steroid dienone is 4. The van der Waals surface area contributed by atoms with Crippen LogP contribution in [0.3, 0.4) is 0 Å². The highest BCUT2D eigenvalue weighted by Gasteiger charge is 2.18. The molecule has 2 nitrogen and oxygen atoms in total. The highest BCUT2D eigenvalue weighted by molar-refractivity contribution is 7.12. The summed E-state index contributed by atoms with van der Waals surface area (Å²) in [4.78, 5) is 5.54. The van der Waals surface area contributed by atoms with Crippen LogP contribution in [0.2, 0.25) is 0 Å². The number of aliphatic hydroxyl groups is 1. The first kappa shape index (κ1) is 13.7. The summed E-state index contributed by atoms with van der Waals surface area (Å²) >= 11 is 7.38. The Bertz CT molecular complexity index is 507. The van der Waals surface area contributed by atoms with Crippen LogP contribution in [0, 0.1) is 0 Å². The molecule has 2 rings (SSSR count). The molecule has 0 saturated carbocycles. The maximum absolute atomic E-state index is 13.2. The average Bonchev–Trinajstić information content (AvgIpc) is 2.76. The van der Waals surface area contributed by atoms with E-state index in [4.69, 9.17) is 11.6 Å². The van der Waals surface area contributed by atoms with Gasteiger partial charge < -0.3 is 5.11 Å². The van der Waals surface area contributed by atoms with Crippen LogP contribution in [-0.4, -0.2) is 10.1 Å². The van der Waals surface area contributed by atoms with Gasteiger partial charge in [0.05, 0.1) is 17.3 Å². The third kappa shape index (κ3) is 2.82. The fourth-order valence-corrected chi connectivity index (χ4v) is 3.34. The fraction of sp³-hybridized carbons (Fsp3) is 0.462. The summed E-state index contributed by atoms with van der Waals surface area (Å²) in [5.74, 6) is -0.256. The zero-order valence-electron chi connectivity index (χ0n) is 10.2. The molecule has 1 heterocycles. The van der Waals surface area contributed by atoms with Crippen molar-refractivity contribution in [3.63, 3.8) is 0 Å². The van der Waals surface area contributed by atoms with Gasteiger partial charge in [-0.05, 0) is 24.5 Å². The van der Waals surface area contributed by atoms with E-state index >= 15 is 0 Å². The van der Waals surface area contributed by atoms with Crippen LogP contribution < -0.4 is 0 Å². The lowest BCUT2D eigenvalue weighted by Gasteiger charge is -2.09. The van der Waals surface area contributed by atoms with Crippen LogP contribution in [-0.2, 0) is 13.0 Å². The van der Waals surface area contributed by atoms with Crippen LogP contribution >= 0.6 is 22.9 Å². The number of hydrogen-bond acceptors (Lipinski definition) is 3. The minimum absolute atomic E-state index is 0.0446. The molecule has 1 aromatic heterocycles. The van der Waals surface area contributed by atoms with Crippen molar-refractivity contribution in [2.75, 3.05) is 0 Å². The van der Waals surface area contributed by atoms with Crippen LogP contribution in [0.4, 0.5) is 4.39 Å². The lowest BCUT2D eigenvalue weighted by molar-refractivity contribution is 0.276. The third-order valence-electron chi connectivity index (χ3n) is 2.85. The molecule has 1 aliphatic rings. The van der Waals surface area contributed by atoms with Gasteiger partial charge in [-0.15, -0.1) is 11.3 Å². The summed E-state index contributed by atoms with van der Waals surface area (Å²) in [6, 6.07) is 0. The van der Waals surface area contributed by atoms with E-state index in [0.717, 1.165) is 34.0 Å². The summed E-state index contributed by atoms with van der Waals surface area (Å²) in [6.07, 6.45) is 4.53. The maximum atomic E-state index is 13.2. The Kier molecular flexibility index (Phi) is 4.54. The van der Waals surface area contributed by atoms with Gasteiger partial charge in [-0.3, -0.25) is 0 Å². The van der Waals surface area contributed by atoms with Crippen molar-refractivity contribution >= 4 is 28.5 Å². The summed E-state index contributed by atoms with van der Waals surface area (Å²) in [7, 11) is 0. The predicted octanol–water partition coefficient (Wildman–Crippen LogP) is 4.19. The average molecular weight is 288 g/mol. The number of aromatic nitrogens is 1. The first-order valence-corrected chi connectivity index (χ1v) is 7.19. The van der Waals surface area contributed by atoms with Gasteiger partial charge >= 0.3 is 0 Å². The van der Waals surface area contributed by atoms with E-state index in [-0.39, 0.29) is 17.5 Å². The van der Waals surface area contributed by atoms with E-state index in [0.29, 0.717) is 12.8 Å². The molecule has 0 unspecified atom stereocenters. The number of nitrogens with zero attached hydrogens (tertiary/aromatic N) is 1. The molecule has 1 aromatic rings. The number of rotatable bonds is 4. The molecule has 0 atom stereocenters. The second-order valence-corrected chi connectivity index (χ2v) is 5.71. The SMILES string of the molecule is CCCc1sc(C2=CC(Cl)=C(F)CC2)nc1CO. The number of aliphatic hydroxyl groups excluding tert-OH is 1. The van der Waals surface area contributed by atoms with Crippen LogP contribution in [0.5, 0.6) is 0 Å².